The molecule has 0 nitrogen and oxygen atoms in total. The van der Waals surface area contributed by atoms with E-state index in [9.17, 15) is 0 Å². The monoisotopic (exact) mass is 416 g/mol. The van der Waals surface area contributed by atoms with Gasteiger partial charge in [-0.1, -0.05) is 36.1 Å². The number of halogens is 4. The van der Waals surface area contributed by atoms with E-state index in [1.165, 1.54) is 22.3 Å². The molecule has 2 aliphatic carbocycles. The Hall–Kier alpha value is 0.120. The fourth-order valence-electron chi connectivity index (χ4n) is 3.13. The van der Waals surface area contributed by atoms with Crippen LogP contribution in [0.2, 0.25) is 0 Å². The Labute approximate surface area is 175 Å². The van der Waals surface area contributed by atoms with Gasteiger partial charge in [0.15, 0.2) is 0 Å². The summed E-state index contributed by atoms with van der Waals surface area (Å²) in [5, 5.41) is 0. The van der Waals surface area contributed by atoms with Gasteiger partial charge < -0.3 is 0 Å². The molecule has 2 rings (SSSR count). The largest absolute Gasteiger partial charge is 0.147 e. The Morgan fingerprint density at radius 2 is 0.500 bits per heavy atom. The first-order valence-electron chi connectivity index (χ1n) is 7.81. The molecule has 0 bridgehead atoms. The molecule has 0 amide bonds. The van der Waals surface area contributed by atoms with E-state index in [0.717, 1.165) is 0 Å². The Bertz CT molecular complexity index is 450. The summed E-state index contributed by atoms with van der Waals surface area (Å²) in [6, 6.07) is 0. The molecule has 0 unspecified atom stereocenters. The molecule has 0 radical (unpaired) electrons. The molecule has 0 aromatic heterocycles. The number of allylic oxidation sites excluding steroid dienone is 8. The van der Waals surface area contributed by atoms with Crippen LogP contribution in [0, 0.1) is 11.8 Å². The molecule has 0 saturated carbocycles. The minimum absolute atomic E-state index is 0. The highest BCUT2D eigenvalue weighted by Crippen LogP contribution is 2.36. The molecule has 0 heterocycles. The minimum atomic E-state index is 0. The van der Waals surface area contributed by atoms with Crippen LogP contribution in [0.1, 0.15) is 69.2 Å². The van der Waals surface area contributed by atoms with Crippen molar-refractivity contribution >= 4 is 49.6 Å². The number of hydrogen-bond acceptors (Lipinski definition) is 0. The maximum atomic E-state index is 2.28. The lowest BCUT2D eigenvalue weighted by atomic mass is 10.00. The first-order chi connectivity index (χ1) is 9.11. The molecule has 2 aliphatic rings. The predicted molar refractivity (Wildman–Crippen MR) is 121 cm³/mol. The van der Waals surface area contributed by atoms with E-state index in [-0.39, 0.29) is 49.6 Å². The van der Waals surface area contributed by atoms with Gasteiger partial charge >= 0.3 is 0 Å². The lowest BCUT2D eigenvalue weighted by Crippen LogP contribution is -1.92. The average Bonchev–Trinajstić information content (AvgIpc) is 2.71. The first-order valence-corrected chi connectivity index (χ1v) is 7.81. The van der Waals surface area contributed by atoms with Gasteiger partial charge in [-0.2, -0.15) is 0 Å². The molecule has 0 aliphatic heterocycles. The summed E-state index contributed by atoms with van der Waals surface area (Å²) in [5.74, 6) is 1.39. The molecule has 0 atom stereocenters. The van der Waals surface area contributed by atoms with E-state index in [1.54, 1.807) is 22.3 Å². The van der Waals surface area contributed by atoms with Gasteiger partial charge in [0.05, 0.1) is 0 Å². The highest BCUT2D eigenvalue weighted by Gasteiger charge is 2.19. The molecule has 0 spiro atoms. The summed E-state index contributed by atoms with van der Waals surface area (Å²) < 4.78 is 0. The Morgan fingerprint density at radius 1 is 0.375 bits per heavy atom. The third kappa shape index (κ3) is 6.13. The lowest BCUT2D eigenvalue weighted by Gasteiger charge is -2.05. The van der Waals surface area contributed by atoms with Crippen LogP contribution < -0.4 is 0 Å². The average molecular weight is 418 g/mol. The SMILES string of the molecule is CC1=C(C)C(C)C(C)=C1C.CC1=C(C)C(C)C(C)=C1C.Cl.Cl.Cl.Cl. The van der Waals surface area contributed by atoms with Gasteiger partial charge in [0.1, 0.15) is 0 Å². The molecule has 0 aromatic carbocycles. The van der Waals surface area contributed by atoms with Crippen LogP contribution in [0.15, 0.2) is 44.6 Å². The third-order valence-corrected chi connectivity index (χ3v) is 6.09. The fraction of sp³-hybridized carbons (Fsp3) is 0.600. The number of hydrogen-bond donors (Lipinski definition) is 0. The molecule has 144 valence electrons. The van der Waals surface area contributed by atoms with Crippen LogP contribution in [0.5, 0.6) is 0 Å². The van der Waals surface area contributed by atoms with Crippen molar-refractivity contribution in [2.45, 2.75) is 69.2 Å². The summed E-state index contributed by atoms with van der Waals surface area (Å²) in [6.45, 7) is 22.4. The Balaban J connectivity index is -0.000000143. The van der Waals surface area contributed by atoms with Gasteiger partial charge in [0.2, 0.25) is 0 Å². The van der Waals surface area contributed by atoms with Crippen molar-refractivity contribution in [1.82, 2.24) is 0 Å². The van der Waals surface area contributed by atoms with Gasteiger partial charge in [-0.05, 0) is 89.5 Å². The Morgan fingerprint density at radius 3 is 0.542 bits per heavy atom. The maximum absolute atomic E-state index is 2.28. The van der Waals surface area contributed by atoms with Crippen LogP contribution in [0.3, 0.4) is 0 Å². The predicted octanol–water partition coefficient (Wildman–Crippen LogP) is 8.30. The highest BCUT2D eigenvalue weighted by molar-refractivity contribution is 5.86. The normalized spacial score (nSPS) is 17.8. The van der Waals surface area contributed by atoms with E-state index >= 15 is 0 Å². The molecular formula is C20H36Cl4. The molecular weight excluding hydrogens is 382 g/mol. The lowest BCUT2D eigenvalue weighted by molar-refractivity contribution is 0.815. The van der Waals surface area contributed by atoms with Crippen molar-refractivity contribution < 1.29 is 0 Å². The van der Waals surface area contributed by atoms with Gasteiger partial charge in [0.25, 0.3) is 0 Å². The summed E-state index contributed by atoms with van der Waals surface area (Å²) in [7, 11) is 0. The van der Waals surface area contributed by atoms with E-state index in [1.807, 2.05) is 0 Å². The van der Waals surface area contributed by atoms with Gasteiger partial charge in [-0.25, -0.2) is 0 Å². The molecule has 24 heavy (non-hydrogen) atoms. The second kappa shape index (κ2) is 12.5. The number of rotatable bonds is 0. The quantitative estimate of drug-likeness (QED) is 0.371. The second-order valence-corrected chi connectivity index (χ2v) is 6.68. The summed E-state index contributed by atoms with van der Waals surface area (Å²) in [5.41, 5.74) is 12.2. The van der Waals surface area contributed by atoms with Crippen molar-refractivity contribution in [3.05, 3.63) is 44.6 Å². The second-order valence-electron chi connectivity index (χ2n) is 6.68. The summed E-state index contributed by atoms with van der Waals surface area (Å²) in [6.07, 6.45) is 0. The minimum Gasteiger partial charge on any atom is -0.147 e. The van der Waals surface area contributed by atoms with Crippen LogP contribution in [0.25, 0.3) is 0 Å². The zero-order valence-electron chi connectivity index (χ0n) is 16.8. The van der Waals surface area contributed by atoms with Crippen LogP contribution >= 0.6 is 49.6 Å². The molecule has 0 fully saturated rings. The van der Waals surface area contributed by atoms with Crippen molar-refractivity contribution in [3.63, 3.8) is 0 Å². The third-order valence-electron chi connectivity index (χ3n) is 6.09. The van der Waals surface area contributed by atoms with Crippen LogP contribution in [0.4, 0.5) is 0 Å². The van der Waals surface area contributed by atoms with E-state index in [2.05, 4.69) is 69.2 Å². The Kier molecular flexibility index (Phi) is 16.5. The van der Waals surface area contributed by atoms with Crippen molar-refractivity contribution in [1.29, 1.82) is 0 Å². The fourth-order valence-corrected chi connectivity index (χ4v) is 3.13. The van der Waals surface area contributed by atoms with Crippen LogP contribution in [-0.4, -0.2) is 0 Å². The van der Waals surface area contributed by atoms with Gasteiger partial charge in [-0.15, -0.1) is 49.6 Å². The van der Waals surface area contributed by atoms with Gasteiger partial charge in [-0.3, -0.25) is 0 Å². The van der Waals surface area contributed by atoms with E-state index in [0.29, 0.717) is 11.8 Å². The molecule has 4 heteroatoms. The van der Waals surface area contributed by atoms with E-state index < -0.39 is 0 Å². The topological polar surface area (TPSA) is 0 Å². The molecule has 0 aromatic rings. The smallest absolute Gasteiger partial charge is 0.00153 e. The van der Waals surface area contributed by atoms with Crippen molar-refractivity contribution in [3.8, 4) is 0 Å². The van der Waals surface area contributed by atoms with Crippen molar-refractivity contribution in [2.24, 2.45) is 11.8 Å². The standard InChI is InChI=1S/2C10H16.4ClH/c2*1-6-7(2)9(4)10(5)8(6)3;;;;/h2*6H,1-5H3;4*1H. The highest BCUT2D eigenvalue weighted by atomic mass is 35.5. The summed E-state index contributed by atoms with van der Waals surface area (Å²) in [4.78, 5) is 0. The van der Waals surface area contributed by atoms with Crippen LogP contribution in [-0.2, 0) is 0 Å². The molecule has 0 N–H and O–H groups in total. The first kappa shape index (κ1) is 31.8. The van der Waals surface area contributed by atoms with Crippen molar-refractivity contribution in [2.75, 3.05) is 0 Å². The zero-order chi connectivity index (χ0) is 15.8. The zero-order valence-corrected chi connectivity index (χ0v) is 20.1. The molecule has 0 saturated heterocycles. The summed E-state index contributed by atoms with van der Waals surface area (Å²) >= 11 is 0. The maximum Gasteiger partial charge on any atom is -0.00153 e. The van der Waals surface area contributed by atoms with E-state index in [4.69, 9.17) is 0 Å². The van der Waals surface area contributed by atoms with Gasteiger partial charge in [0, 0.05) is 0 Å².